The van der Waals surface area contributed by atoms with Crippen LogP contribution in [0.25, 0.3) is 33.5 Å². The van der Waals surface area contributed by atoms with E-state index in [0.717, 1.165) is 70.9 Å². The minimum absolute atomic E-state index is 0. The molecule has 11 heteroatoms. The molecule has 0 spiro atoms. The van der Waals surface area contributed by atoms with Crippen molar-refractivity contribution in [2.24, 2.45) is 0 Å². The van der Waals surface area contributed by atoms with Gasteiger partial charge in [-0.3, -0.25) is 4.79 Å². The zero-order valence-corrected chi connectivity index (χ0v) is 25.9. The first kappa shape index (κ1) is 30.2. The summed E-state index contributed by atoms with van der Waals surface area (Å²) in [5.74, 6) is 0.0897. The summed E-state index contributed by atoms with van der Waals surface area (Å²) in [7, 11) is 0. The first-order valence-electron chi connectivity index (χ1n) is 14.3. The molecule has 1 aliphatic heterocycles. The van der Waals surface area contributed by atoms with Crippen molar-refractivity contribution < 1.29 is 9.32 Å². The molecule has 1 saturated heterocycles. The molecular weight excluding hydrogens is 564 g/mol. The van der Waals surface area contributed by atoms with Crippen LogP contribution in [0.2, 0.25) is 0 Å². The van der Waals surface area contributed by atoms with E-state index in [0.29, 0.717) is 5.89 Å². The third kappa shape index (κ3) is 6.25. The van der Waals surface area contributed by atoms with Crippen molar-refractivity contribution >= 4 is 35.0 Å². The van der Waals surface area contributed by atoms with Crippen LogP contribution < -0.4 is 15.5 Å². The van der Waals surface area contributed by atoms with E-state index in [-0.39, 0.29) is 35.6 Å². The van der Waals surface area contributed by atoms with Crippen LogP contribution in [0.3, 0.4) is 0 Å². The van der Waals surface area contributed by atoms with E-state index >= 15 is 0 Å². The summed E-state index contributed by atoms with van der Waals surface area (Å²) in [5, 5.41) is 11.2. The van der Waals surface area contributed by atoms with Crippen molar-refractivity contribution in [3.8, 4) is 22.5 Å². The lowest BCUT2D eigenvalue weighted by Crippen LogP contribution is -2.43. The Labute approximate surface area is 257 Å². The number of amides is 1. The molecule has 0 bridgehead atoms. The van der Waals surface area contributed by atoms with E-state index in [9.17, 15) is 4.79 Å². The number of rotatable bonds is 6. The van der Waals surface area contributed by atoms with Crippen LogP contribution in [-0.4, -0.2) is 57.2 Å². The van der Waals surface area contributed by atoms with Gasteiger partial charge in [-0.25, -0.2) is 9.97 Å². The number of anilines is 1. The highest BCUT2D eigenvalue weighted by molar-refractivity contribution is 5.94. The van der Waals surface area contributed by atoms with Crippen LogP contribution in [0.15, 0.2) is 59.4 Å². The predicted molar refractivity (Wildman–Crippen MR) is 171 cm³/mol. The Bertz CT molecular complexity index is 1730. The van der Waals surface area contributed by atoms with E-state index in [1.807, 2.05) is 46.8 Å². The highest BCUT2D eigenvalue weighted by Crippen LogP contribution is 2.32. The van der Waals surface area contributed by atoms with Crippen molar-refractivity contribution in [1.82, 2.24) is 35.7 Å². The number of carbonyl (C=O) groups excluding carboxylic acids is 1. The van der Waals surface area contributed by atoms with Gasteiger partial charge < -0.3 is 25.0 Å². The summed E-state index contributed by atoms with van der Waals surface area (Å²) >= 11 is 0. The summed E-state index contributed by atoms with van der Waals surface area (Å²) in [5.41, 5.74) is 7.67. The van der Waals surface area contributed by atoms with Crippen molar-refractivity contribution in [2.45, 2.75) is 46.1 Å². The summed E-state index contributed by atoms with van der Waals surface area (Å²) < 4.78 is 5.28. The van der Waals surface area contributed by atoms with Crippen LogP contribution in [0, 0.1) is 6.92 Å². The zero-order valence-electron chi connectivity index (χ0n) is 25.1. The van der Waals surface area contributed by atoms with E-state index in [4.69, 9.17) is 4.52 Å². The van der Waals surface area contributed by atoms with Gasteiger partial charge in [0, 0.05) is 53.9 Å². The largest absolute Gasteiger partial charge is 0.369 e. The fraction of sp³-hybridized carbons (Fsp3) is 0.344. The van der Waals surface area contributed by atoms with Gasteiger partial charge in [0.15, 0.2) is 0 Å². The summed E-state index contributed by atoms with van der Waals surface area (Å²) in [6.45, 7) is 13.9. The van der Waals surface area contributed by atoms with Crippen molar-refractivity contribution in [3.05, 3.63) is 77.7 Å². The quantitative estimate of drug-likeness (QED) is 0.230. The molecule has 2 aromatic carbocycles. The molecule has 10 nitrogen and oxygen atoms in total. The first-order chi connectivity index (χ1) is 20.2. The normalized spacial score (nSPS) is 14.4. The van der Waals surface area contributed by atoms with Gasteiger partial charge in [0.05, 0.1) is 11.7 Å². The number of hydrogen-bond acceptors (Lipinski definition) is 8. The average molecular weight is 601 g/mol. The van der Waals surface area contributed by atoms with Crippen LogP contribution >= 0.6 is 12.4 Å². The molecule has 0 saturated carbocycles. The minimum atomic E-state index is -0.372. The van der Waals surface area contributed by atoms with Crippen LogP contribution in [0.1, 0.15) is 61.4 Å². The number of nitrogens with zero attached hydrogens (tertiary/aromatic N) is 5. The number of aromatic amines is 1. The maximum atomic E-state index is 12.8. The maximum Gasteiger partial charge on any atom is 0.293 e. The number of hydrogen-bond donors (Lipinski definition) is 3. The van der Waals surface area contributed by atoms with Crippen LogP contribution in [0.5, 0.6) is 0 Å². The third-order valence-corrected chi connectivity index (χ3v) is 7.71. The fourth-order valence-electron chi connectivity index (χ4n) is 5.37. The van der Waals surface area contributed by atoms with Gasteiger partial charge in [0.1, 0.15) is 12.0 Å². The van der Waals surface area contributed by atoms with Crippen LogP contribution in [0.4, 0.5) is 5.69 Å². The Kier molecular flexibility index (Phi) is 8.52. The number of aryl methyl sites for hydroxylation is 1. The van der Waals surface area contributed by atoms with Crippen LogP contribution in [-0.2, 0) is 5.41 Å². The summed E-state index contributed by atoms with van der Waals surface area (Å²) in [6, 6.07) is 16.7. The molecule has 224 valence electrons. The van der Waals surface area contributed by atoms with E-state index < -0.39 is 0 Å². The van der Waals surface area contributed by atoms with Gasteiger partial charge in [0.25, 0.3) is 11.7 Å². The Morgan fingerprint density at radius 1 is 1.02 bits per heavy atom. The molecule has 0 radical (unpaired) electrons. The van der Waals surface area contributed by atoms with E-state index in [1.165, 1.54) is 5.69 Å². The lowest BCUT2D eigenvalue weighted by Gasteiger charge is -2.29. The smallest absolute Gasteiger partial charge is 0.293 e. The number of nitrogens with one attached hydrogen (secondary N) is 3. The minimum Gasteiger partial charge on any atom is -0.369 e. The van der Waals surface area contributed by atoms with Gasteiger partial charge in [-0.05, 0) is 54.8 Å². The predicted octanol–water partition coefficient (Wildman–Crippen LogP) is 5.60. The van der Waals surface area contributed by atoms with E-state index in [1.54, 1.807) is 6.33 Å². The summed E-state index contributed by atoms with van der Waals surface area (Å²) in [4.78, 5) is 32.1. The van der Waals surface area contributed by atoms with Gasteiger partial charge in [-0.15, -0.1) is 12.4 Å². The number of aromatic nitrogens is 5. The molecule has 1 amide bonds. The number of carbonyl (C=O) groups is 1. The lowest BCUT2D eigenvalue weighted by atomic mass is 9.97. The molecule has 1 aliphatic rings. The Balaban J connectivity index is 0.00000368. The molecule has 0 unspecified atom stereocenters. The third-order valence-electron chi connectivity index (χ3n) is 7.71. The number of H-pyrrole nitrogens is 1. The maximum absolute atomic E-state index is 12.8. The van der Waals surface area contributed by atoms with E-state index in [2.05, 4.69) is 77.0 Å². The first-order valence-corrected chi connectivity index (χ1v) is 14.3. The fourth-order valence-corrected chi connectivity index (χ4v) is 5.37. The lowest BCUT2D eigenvalue weighted by molar-refractivity contribution is 0.0926. The number of fused-ring (bicyclic) bond motifs is 1. The summed E-state index contributed by atoms with van der Waals surface area (Å²) in [6.07, 6.45) is 1.59. The second kappa shape index (κ2) is 12.1. The SMILES string of the molecule is Cc1cc(-c2ncnc3[nH]c(-c4ccc(N5CCNCC5)cc4)cc23)ccc1[C@@H](C)NC(=O)c1noc(C(C)(C)C)n1.Cl. The standard InChI is InChI=1S/C32H36N8O2.ClH/c1-19-16-22(8-11-24(19)20(2)36-30(41)29-38-31(42-39-29)32(3,4)5)27-25-17-26(37-28(25)35-18-34-27)21-6-9-23(10-7-21)40-14-12-33-13-15-40;/h6-11,16-18,20,33H,12-15H2,1-5H3,(H,36,41)(H,34,35,37);1H/t20-;/m1./s1. The average Bonchev–Trinajstić information content (AvgIpc) is 3.66. The number of benzene rings is 2. The Morgan fingerprint density at radius 3 is 2.42 bits per heavy atom. The zero-order chi connectivity index (χ0) is 29.4. The molecule has 4 heterocycles. The molecule has 1 fully saturated rings. The van der Waals surface area contributed by atoms with Crippen molar-refractivity contribution in [2.75, 3.05) is 31.1 Å². The van der Waals surface area contributed by atoms with Gasteiger partial charge >= 0.3 is 0 Å². The highest BCUT2D eigenvalue weighted by atomic mass is 35.5. The number of halogens is 1. The Morgan fingerprint density at radius 2 is 1.74 bits per heavy atom. The van der Waals surface area contributed by atoms with Gasteiger partial charge in [0.2, 0.25) is 5.89 Å². The van der Waals surface area contributed by atoms with Gasteiger partial charge in [-0.1, -0.05) is 50.2 Å². The molecule has 6 rings (SSSR count). The highest BCUT2D eigenvalue weighted by Gasteiger charge is 2.25. The van der Waals surface area contributed by atoms with Crippen molar-refractivity contribution in [3.63, 3.8) is 0 Å². The molecule has 3 aromatic heterocycles. The second-order valence-electron chi connectivity index (χ2n) is 11.9. The number of piperazine rings is 1. The molecule has 43 heavy (non-hydrogen) atoms. The monoisotopic (exact) mass is 600 g/mol. The molecule has 0 aliphatic carbocycles. The molecular formula is C32H37ClN8O2. The van der Waals surface area contributed by atoms with Crippen molar-refractivity contribution in [1.29, 1.82) is 0 Å². The second-order valence-corrected chi connectivity index (χ2v) is 11.9. The Hall–Kier alpha value is -4.28. The van der Waals surface area contributed by atoms with Gasteiger partial charge in [-0.2, -0.15) is 4.98 Å². The molecule has 3 N–H and O–H groups in total. The molecule has 1 atom stereocenters. The molecule has 5 aromatic rings. The topological polar surface area (TPSA) is 125 Å².